The lowest BCUT2D eigenvalue weighted by atomic mass is 9.85. The molecule has 7 heteroatoms. The van der Waals surface area contributed by atoms with Crippen molar-refractivity contribution in [2.75, 3.05) is 5.32 Å². The maximum atomic E-state index is 12.4. The number of nitrogens with one attached hydrogen (secondary N) is 1. The van der Waals surface area contributed by atoms with E-state index in [9.17, 15) is 9.59 Å². The summed E-state index contributed by atoms with van der Waals surface area (Å²) in [6.45, 7) is 4.26. The topological polar surface area (TPSA) is 64.0 Å². The Morgan fingerprint density at radius 3 is 2.75 bits per heavy atom. The van der Waals surface area contributed by atoms with E-state index in [0.717, 1.165) is 35.5 Å². The predicted octanol–water partition coefficient (Wildman–Crippen LogP) is 4.28. The van der Waals surface area contributed by atoms with Gasteiger partial charge in [-0.15, -0.1) is 11.3 Å². The van der Waals surface area contributed by atoms with Crippen LogP contribution in [0.15, 0.2) is 35.1 Å². The second-order valence-electron chi connectivity index (χ2n) is 7.20. The molecule has 0 aliphatic heterocycles. The van der Waals surface area contributed by atoms with Crippen LogP contribution in [0.2, 0.25) is 0 Å². The van der Waals surface area contributed by atoms with Gasteiger partial charge in [0.15, 0.2) is 5.13 Å². The first kappa shape index (κ1) is 19.1. The number of nitrogens with zero attached hydrogens (tertiary/aromatic N) is 2. The van der Waals surface area contributed by atoms with E-state index in [1.54, 1.807) is 15.9 Å². The molecule has 28 heavy (non-hydrogen) atoms. The third kappa shape index (κ3) is 3.95. The summed E-state index contributed by atoms with van der Waals surface area (Å²) in [5.41, 5.74) is 3.44. The zero-order chi connectivity index (χ0) is 19.7. The summed E-state index contributed by atoms with van der Waals surface area (Å²) in [6.07, 6.45) is 3.29. The third-order valence-corrected chi connectivity index (χ3v) is 7.43. The van der Waals surface area contributed by atoms with E-state index in [1.165, 1.54) is 21.8 Å². The average Bonchev–Trinajstić information content (AvgIpc) is 3.19. The number of hydrogen-bond donors (Lipinski definition) is 1. The molecular weight excluding hydrogens is 390 g/mol. The van der Waals surface area contributed by atoms with Gasteiger partial charge >= 0.3 is 4.87 Å². The summed E-state index contributed by atoms with van der Waals surface area (Å²) in [6, 6.07) is 10.6. The van der Waals surface area contributed by atoms with E-state index in [-0.39, 0.29) is 17.2 Å². The fraction of sp³-hybridized carbons (Fsp3) is 0.381. The zero-order valence-electron chi connectivity index (χ0n) is 16.0. The van der Waals surface area contributed by atoms with Crippen molar-refractivity contribution in [1.29, 1.82) is 0 Å². The fourth-order valence-electron chi connectivity index (χ4n) is 3.68. The molecule has 5 nitrogen and oxygen atoms in total. The van der Waals surface area contributed by atoms with Gasteiger partial charge in [-0.2, -0.15) is 0 Å². The number of anilines is 1. The van der Waals surface area contributed by atoms with Gasteiger partial charge in [0, 0.05) is 28.4 Å². The van der Waals surface area contributed by atoms with Crippen LogP contribution in [-0.4, -0.2) is 15.5 Å². The Balaban J connectivity index is 1.38. The molecule has 3 aromatic rings. The Kier molecular flexibility index (Phi) is 5.46. The number of aromatic nitrogens is 2. The Morgan fingerprint density at radius 2 is 2.04 bits per heavy atom. The maximum Gasteiger partial charge on any atom is 0.307 e. The van der Waals surface area contributed by atoms with E-state index >= 15 is 0 Å². The summed E-state index contributed by atoms with van der Waals surface area (Å²) >= 11 is 2.82. The summed E-state index contributed by atoms with van der Waals surface area (Å²) in [5.74, 6) is 0.426. The highest BCUT2D eigenvalue weighted by Crippen LogP contribution is 2.36. The SMILES string of the molecule is Cc1sc(=O)n(CCC(=O)Nc2nc3c(s2)CC(c2ccccc2)CC3)c1C. The first-order valence-electron chi connectivity index (χ1n) is 9.51. The molecule has 1 atom stereocenters. The molecule has 1 N–H and O–H groups in total. The van der Waals surface area contributed by atoms with Gasteiger partial charge in [0.25, 0.3) is 0 Å². The molecule has 1 unspecified atom stereocenters. The van der Waals surface area contributed by atoms with Crippen molar-refractivity contribution < 1.29 is 4.79 Å². The van der Waals surface area contributed by atoms with Crippen molar-refractivity contribution in [2.45, 2.75) is 52.0 Å². The largest absolute Gasteiger partial charge is 0.307 e. The molecule has 0 spiro atoms. The van der Waals surface area contributed by atoms with Crippen LogP contribution in [0.1, 0.15) is 45.5 Å². The van der Waals surface area contributed by atoms with Crippen molar-refractivity contribution in [3.05, 3.63) is 66.7 Å². The standard InChI is InChI=1S/C21H23N3O2S2/c1-13-14(2)27-21(26)24(13)11-10-19(25)23-20-22-17-9-8-16(12-18(17)28-20)15-6-4-3-5-7-15/h3-7,16H,8-12H2,1-2H3,(H,22,23,25). The molecular formula is C21H23N3O2S2. The van der Waals surface area contributed by atoms with Crippen LogP contribution in [0, 0.1) is 13.8 Å². The molecule has 0 fully saturated rings. The van der Waals surface area contributed by atoms with Crippen LogP contribution in [0.4, 0.5) is 5.13 Å². The second kappa shape index (κ2) is 8.01. The smallest absolute Gasteiger partial charge is 0.303 e. The van der Waals surface area contributed by atoms with E-state index < -0.39 is 0 Å². The minimum Gasteiger partial charge on any atom is -0.303 e. The van der Waals surface area contributed by atoms with E-state index in [0.29, 0.717) is 17.6 Å². The van der Waals surface area contributed by atoms with Crippen LogP contribution < -0.4 is 10.2 Å². The van der Waals surface area contributed by atoms with Crippen molar-refractivity contribution >= 4 is 33.7 Å². The van der Waals surface area contributed by atoms with Crippen LogP contribution in [-0.2, 0) is 24.2 Å². The van der Waals surface area contributed by atoms with Gasteiger partial charge in [-0.25, -0.2) is 4.98 Å². The highest BCUT2D eigenvalue weighted by atomic mass is 32.1. The normalized spacial score (nSPS) is 16.0. The van der Waals surface area contributed by atoms with Crippen molar-refractivity contribution in [1.82, 2.24) is 9.55 Å². The number of amides is 1. The lowest BCUT2D eigenvalue weighted by molar-refractivity contribution is -0.116. The highest BCUT2D eigenvalue weighted by molar-refractivity contribution is 7.15. The molecule has 1 aliphatic carbocycles. The molecule has 2 aromatic heterocycles. The van der Waals surface area contributed by atoms with Crippen molar-refractivity contribution in [3.63, 3.8) is 0 Å². The number of rotatable bonds is 5. The molecule has 0 saturated heterocycles. The first-order valence-corrected chi connectivity index (χ1v) is 11.1. The van der Waals surface area contributed by atoms with Crippen LogP contribution in [0.5, 0.6) is 0 Å². The van der Waals surface area contributed by atoms with Gasteiger partial charge in [-0.3, -0.25) is 9.59 Å². The molecule has 1 amide bonds. The Hall–Kier alpha value is -2.25. The second-order valence-corrected chi connectivity index (χ2v) is 9.45. The fourth-order valence-corrected chi connectivity index (χ4v) is 5.64. The van der Waals surface area contributed by atoms with Gasteiger partial charge in [0.2, 0.25) is 5.91 Å². The molecule has 1 aromatic carbocycles. The summed E-state index contributed by atoms with van der Waals surface area (Å²) in [5, 5.41) is 3.60. The molecule has 0 radical (unpaired) electrons. The monoisotopic (exact) mass is 413 g/mol. The summed E-state index contributed by atoms with van der Waals surface area (Å²) < 4.78 is 1.68. The van der Waals surface area contributed by atoms with Crippen LogP contribution in [0.25, 0.3) is 0 Å². The van der Waals surface area contributed by atoms with Crippen molar-refractivity contribution in [2.24, 2.45) is 0 Å². The Morgan fingerprint density at radius 1 is 1.25 bits per heavy atom. The molecule has 2 heterocycles. The maximum absolute atomic E-state index is 12.4. The Labute approximate surface area is 172 Å². The molecule has 0 bridgehead atoms. The molecule has 146 valence electrons. The number of hydrogen-bond acceptors (Lipinski definition) is 5. The lowest BCUT2D eigenvalue weighted by Crippen LogP contribution is -2.20. The summed E-state index contributed by atoms with van der Waals surface area (Å²) in [7, 11) is 0. The predicted molar refractivity (Wildman–Crippen MR) is 115 cm³/mol. The number of fused-ring (bicyclic) bond motifs is 1. The molecule has 1 aliphatic rings. The number of carbonyl (C=O) groups is 1. The quantitative estimate of drug-likeness (QED) is 0.679. The number of carbonyl (C=O) groups excluding carboxylic acids is 1. The zero-order valence-corrected chi connectivity index (χ0v) is 17.7. The van der Waals surface area contributed by atoms with Gasteiger partial charge in [0.1, 0.15) is 0 Å². The summed E-state index contributed by atoms with van der Waals surface area (Å²) in [4.78, 5) is 31.2. The molecule has 0 saturated carbocycles. The minimum atomic E-state index is -0.0964. The number of aryl methyl sites for hydroxylation is 2. The van der Waals surface area contributed by atoms with Gasteiger partial charge in [-0.1, -0.05) is 41.7 Å². The highest BCUT2D eigenvalue weighted by Gasteiger charge is 2.24. The van der Waals surface area contributed by atoms with Crippen LogP contribution >= 0.6 is 22.7 Å². The average molecular weight is 414 g/mol. The van der Waals surface area contributed by atoms with Gasteiger partial charge in [-0.05, 0) is 44.6 Å². The van der Waals surface area contributed by atoms with E-state index in [4.69, 9.17) is 0 Å². The van der Waals surface area contributed by atoms with Gasteiger partial charge < -0.3 is 9.88 Å². The third-order valence-electron chi connectivity index (χ3n) is 5.39. The Bertz CT molecular complexity index is 1050. The van der Waals surface area contributed by atoms with E-state index in [2.05, 4.69) is 34.6 Å². The lowest BCUT2D eigenvalue weighted by Gasteiger charge is -2.21. The first-order chi connectivity index (χ1) is 13.5. The number of benzene rings is 1. The molecule has 4 rings (SSSR count). The van der Waals surface area contributed by atoms with Gasteiger partial charge in [0.05, 0.1) is 5.69 Å². The van der Waals surface area contributed by atoms with Crippen molar-refractivity contribution in [3.8, 4) is 0 Å². The van der Waals surface area contributed by atoms with Crippen LogP contribution in [0.3, 0.4) is 0 Å². The number of thiazole rings is 2. The van der Waals surface area contributed by atoms with E-state index in [1.807, 2.05) is 19.9 Å². The minimum absolute atomic E-state index is 0.000494.